The first-order chi connectivity index (χ1) is 9.74. The molecule has 2 heterocycles. The number of hydrogen-bond acceptors (Lipinski definition) is 3. The van der Waals surface area contributed by atoms with E-state index in [1.165, 1.54) is 0 Å². The number of aliphatic hydroxyl groups is 1. The Kier molecular flexibility index (Phi) is 4.86. The SMILES string of the molecule is CCCCC1(O)CC2CCCC(C1)N2C(=O)OC(C)(C)C. The molecule has 2 fully saturated rings. The van der Waals surface area contributed by atoms with Gasteiger partial charge in [-0.05, 0) is 59.3 Å². The van der Waals surface area contributed by atoms with Gasteiger partial charge in [0.15, 0.2) is 0 Å². The van der Waals surface area contributed by atoms with E-state index >= 15 is 0 Å². The zero-order valence-corrected chi connectivity index (χ0v) is 14.0. The summed E-state index contributed by atoms with van der Waals surface area (Å²) in [5.41, 5.74) is -1.04. The van der Waals surface area contributed by atoms with Gasteiger partial charge in [0.05, 0.1) is 5.60 Å². The highest BCUT2D eigenvalue weighted by atomic mass is 16.6. The highest BCUT2D eigenvalue weighted by Gasteiger charge is 2.47. The van der Waals surface area contributed by atoms with Crippen LogP contribution in [-0.2, 0) is 4.74 Å². The molecule has 2 aliphatic rings. The van der Waals surface area contributed by atoms with Crippen LogP contribution in [0.4, 0.5) is 4.79 Å². The van der Waals surface area contributed by atoms with Gasteiger partial charge >= 0.3 is 6.09 Å². The minimum Gasteiger partial charge on any atom is -0.444 e. The van der Waals surface area contributed by atoms with Crippen LogP contribution in [0.1, 0.15) is 79.1 Å². The molecule has 4 nitrogen and oxygen atoms in total. The Morgan fingerprint density at radius 1 is 1.29 bits per heavy atom. The van der Waals surface area contributed by atoms with Crippen LogP contribution in [0.25, 0.3) is 0 Å². The Balaban J connectivity index is 2.07. The average Bonchev–Trinajstić information content (AvgIpc) is 2.33. The number of ether oxygens (including phenoxy) is 1. The van der Waals surface area contributed by atoms with Gasteiger partial charge < -0.3 is 14.7 Å². The molecule has 0 aromatic heterocycles. The summed E-state index contributed by atoms with van der Waals surface area (Å²) < 4.78 is 5.57. The standard InChI is InChI=1S/C17H31NO3/c1-5-6-10-17(20)11-13-8-7-9-14(12-17)18(13)15(19)21-16(2,3)4/h13-14,20H,5-12H2,1-4H3. The van der Waals surface area contributed by atoms with Crippen LogP contribution in [0.15, 0.2) is 0 Å². The maximum absolute atomic E-state index is 12.5. The van der Waals surface area contributed by atoms with Crippen molar-refractivity contribution in [2.45, 2.75) is 102 Å². The van der Waals surface area contributed by atoms with Crippen LogP contribution >= 0.6 is 0 Å². The smallest absolute Gasteiger partial charge is 0.410 e. The molecule has 2 atom stereocenters. The molecular weight excluding hydrogens is 266 g/mol. The molecule has 2 bridgehead atoms. The number of hydrogen-bond donors (Lipinski definition) is 1. The van der Waals surface area contributed by atoms with E-state index in [4.69, 9.17) is 4.74 Å². The lowest BCUT2D eigenvalue weighted by molar-refractivity contribution is -0.0964. The lowest BCUT2D eigenvalue weighted by Crippen LogP contribution is -2.60. The normalized spacial score (nSPS) is 32.9. The molecule has 1 N–H and O–H groups in total. The predicted molar refractivity (Wildman–Crippen MR) is 83.2 cm³/mol. The zero-order chi connectivity index (χ0) is 15.7. The number of carbonyl (C=O) groups is 1. The first-order valence-electron chi connectivity index (χ1n) is 8.48. The third-order valence-corrected chi connectivity index (χ3v) is 4.69. The van der Waals surface area contributed by atoms with Crippen LogP contribution in [0.2, 0.25) is 0 Å². The van der Waals surface area contributed by atoms with E-state index in [1.54, 1.807) is 0 Å². The van der Waals surface area contributed by atoms with Crippen molar-refractivity contribution in [1.82, 2.24) is 4.90 Å². The molecule has 2 saturated heterocycles. The zero-order valence-electron chi connectivity index (χ0n) is 14.0. The molecule has 0 saturated carbocycles. The van der Waals surface area contributed by atoms with Crippen LogP contribution in [0, 0.1) is 0 Å². The van der Waals surface area contributed by atoms with E-state index in [0.29, 0.717) is 12.8 Å². The minimum atomic E-state index is -0.579. The van der Waals surface area contributed by atoms with Crippen molar-refractivity contribution < 1.29 is 14.6 Å². The summed E-state index contributed by atoms with van der Waals surface area (Å²) in [6.07, 6.45) is 7.38. The first kappa shape index (κ1) is 16.6. The fraction of sp³-hybridized carbons (Fsp3) is 0.941. The Morgan fingerprint density at radius 3 is 2.33 bits per heavy atom. The highest BCUT2D eigenvalue weighted by Crippen LogP contribution is 2.42. The molecule has 0 radical (unpaired) electrons. The number of fused-ring (bicyclic) bond motifs is 2. The second-order valence-corrected chi connectivity index (χ2v) is 7.86. The Morgan fingerprint density at radius 2 is 1.86 bits per heavy atom. The molecule has 4 heteroatoms. The van der Waals surface area contributed by atoms with Gasteiger partial charge in [-0.3, -0.25) is 0 Å². The van der Waals surface area contributed by atoms with E-state index in [2.05, 4.69) is 6.92 Å². The molecule has 21 heavy (non-hydrogen) atoms. The molecule has 0 aromatic carbocycles. The van der Waals surface area contributed by atoms with Crippen LogP contribution in [-0.4, -0.2) is 39.4 Å². The monoisotopic (exact) mass is 297 g/mol. The number of nitrogens with zero attached hydrogens (tertiary/aromatic N) is 1. The third-order valence-electron chi connectivity index (χ3n) is 4.69. The Hall–Kier alpha value is -0.770. The maximum atomic E-state index is 12.5. The van der Waals surface area contributed by atoms with Crippen LogP contribution in [0.3, 0.4) is 0 Å². The van der Waals surface area contributed by atoms with Gasteiger partial charge in [0.1, 0.15) is 5.60 Å². The van der Waals surface area contributed by atoms with Gasteiger partial charge in [-0.25, -0.2) is 4.79 Å². The van der Waals surface area contributed by atoms with Gasteiger partial charge in [-0.1, -0.05) is 19.8 Å². The largest absolute Gasteiger partial charge is 0.444 e. The molecule has 0 aliphatic carbocycles. The summed E-state index contributed by atoms with van der Waals surface area (Å²) >= 11 is 0. The van der Waals surface area contributed by atoms with E-state index < -0.39 is 11.2 Å². The summed E-state index contributed by atoms with van der Waals surface area (Å²) in [7, 11) is 0. The Bertz CT molecular complexity index is 361. The molecule has 0 spiro atoms. The van der Waals surface area contributed by atoms with Gasteiger partial charge in [-0.15, -0.1) is 0 Å². The molecule has 122 valence electrons. The van der Waals surface area contributed by atoms with Crippen molar-refractivity contribution in [3.63, 3.8) is 0 Å². The molecular formula is C17H31NO3. The maximum Gasteiger partial charge on any atom is 0.410 e. The van der Waals surface area contributed by atoms with Crippen molar-refractivity contribution >= 4 is 6.09 Å². The number of unbranched alkanes of at least 4 members (excludes halogenated alkanes) is 1. The molecule has 1 amide bonds. The summed E-state index contributed by atoms with van der Waals surface area (Å²) in [6, 6.07) is 0.295. The summed E-state index contributed by atoms with van der Waals surface area (Å²) in [4.78, 5) is 14.4. The van der Waals surface area contributed by atoms with Crippen molar-refractivity contribution in [3.8, 4) is 0 Å². The number of rotatable bonds is 3. The minimum absolute atomic E-state index is 0.147. The average molecular weight is 297 g/mol. The van der Waals surface area contributed by atoms with E-state index in [9.17, 15) is 9.90 Å². The number of amides is 1. The summed E-state index contributed by atoms with van der Waals surface area (Å²) in [5, 5.41) is 10.9. The molecule has 0 aromatic rings. The molecule has 2 rings (SSSR count). The van der Waals surface area contributed by atoms with Gasteiger partial charge in [0.2, 0.25) is 0 Å². The lowest BCUT2D eigenvalue weighted by atomic mass is 9.74. The fourth-order valence-corrected chi connectivity index (χ4v) is 3.85. The van der Waals surface area contributed by atoms with E-state index in [-0.39, 0.29) is 18.2 Å². The molecule has 2 unspecified atom stereocenters. The summed E-state index contributed by atoms with van der Waals surface area (Å²) in [6.45, 7) is 7.87. The first-order valence-corrected chi connectivity index (χ1v) is 8.48. The van der Waals surface area contributed by atoms with Gasteiger partial charge in [-0.2, -0.15) is 0 Å². The second kappa shape index (κ2) is 6.15. The predicted octanol–water partition coefficient (Wildman–Crippen LogP) is 3.86. The fourth-order valence-electron chi connectivity index (χ4n) is 3.85. The molecule has 2 aliphatic heterocycles. The van der Waals surface area contributed by atoms with Crippen molar-refractivity contribution in [1.29, 1.82) is 0 Å². The van der Waals surface area contributed by atoms with Gasteiger partial charge in [0.25, 0.3) is 0 Å². The Labute approximate surface area is 128 Å². The highest BCUT2D eigenvalue weighted by molar-refractivity contribution is 5.69. The lowest BCUT2D eigenvalue weighted by Gasteiger charge is -2.51. The van der Waals surface area contributed by atoms with Crippen molar-refractivity contribution in [3.05, 3.63) is 0 Å². The quantitative estimate of drug-likeness (QED) is 0.860. The third kappa shape index (κ3) is 4.12. The van der Waals surface area contributed by atoms with Crippen LogP contribution < -0.4 is 0 Å². The second-order valence-electron chi connectivity index (χ2n) is 7.86. The van der Waals surface area contributed by atoms with Gasteiger partial charge in [0, 0.05) is 12.1 Å². The topological polar surface area (TPSA) is 49.8 Å². The van der Waals surface area contributed by atoms with Crippen molar-refractivity contribution in [2.75, 3.05) is 0 Å². The summed E-state index contributed by atoms with van der Waals surface area (Å²) in [5.74, 6) is 0. The van der Waals surface area contributed by atoms with Crippen molar-refractivity contribution in [2.24, 2.45) is 0 Å². The van der Waals surface area contributed by atoms with Crippen LogP contribution in [0.5, 0.6) is 0 Å². The van der Waals surface area contributed by atoms with E-state index in [0.717, 1.165) is 38.5 Å². The number of piperidine rings is 2. The number of carbonyl (C=O) groups excluding carboxylic acids is 1. The van der Waals surface area contributed by atoms with E-state index in [1.807, 2.05) is 25.7 Å².